The van der Waals surface area contributed by atoms with Gasteiger partial charge in [0.1, 0.15) is 6.29 Å². The number of carbonyl (C=O) groups is 1. The third-order valence-corrected chi connectivity index (χ3v) is 4.16. The number of ether oxygens (including phenoxy) is 1. The number of rotatable bonds is 3. The Balaban J connectivity index is 1.84. The van der Waals surface area contributed by atoms with Crippen molar-refractivity contribution in [1.29, 1.82) is 0 Å². The van der Waals surface area contributed by atoms with Crippen LogP contribution in [-0.2, 0) is 25.1 Å². The predicted octanol–water partition coefficient (Wildman–Crippen LogP) is 3.32. The van der Waals surface area contributed by atoms with E-state index in [0.29, 0.717) is 19.3 Å². The summed E-state index contributed by atoms with van der Waals surface area (Å²) >= 11 is 0. The lowest BCUT2D eigenvalue weighted by Gasteiger charge is -2.28. The number of benzene rings is 1. The van der Waals surface area contributed by atoms with Gasteiger partial charge in [-0.1, -0.05) is 30.3 Å². The Kier molecular flexibility index (Phi) is 3.96. The minimum atomic E-state index is -4.79. The van der Waals surface area contributed by atoms with E-state index in [4.69, 9.17) is 9.62 Å². The van der Waals surface area contributed by atoms with E-state index < -0.39 is 18.3 Å². The fraction of sp³-hybridized carbons (Fsp3) is 0.533. The van der Waals surface area contributed by atoms with E-state index in [1.54, 1.807) is 6.07 Å². The average molecular weight is 316 g/mol. The van der Waals surface area contributed by atoms with Crippen LogP contribution < -0.4 is 0 Å². The molecule has 0 bridgehead atoms. The van der Waals surface area contributed by atoms with Crippen molar-refractivity contribution in [3.8, 4) is 0 Å². The molecule has 1 aliphatic carbocycles. The standard InChI is InChI=1S/C15H15F3O4/c16-15(17,18)14(12-4-2-1-3-5-12)20-13(21-22-14)11-7-6-10(8-11)9-19/h1-5,9-11,13H,6-8H2. The van der Waals surface area contributed by atoms with E-state index in [9.17, 15) is 18.0 Å². The van der Waals surface area contributed by atoms with Crippen LogP contribution in [0.2, 0.25) is 0 Å². The maximum Gasteiger partial charge on any atom is 0.451 e. The fourth-order valence-corrected chi connectivity index (χ4v) is 2.97. The van der Waals surface area contributed by atoms with E-state index in [1.165, 1.54) is 24.3 Å². The summed E-state index contributed by atoms with van der Waals surface area (Å²) in [5.41, 5.74) is -0.171. The molecule has 1 aromatic carbocycles. The smallest absolute Gasteiger partial charge is 0.304 e. The molecule has 22 heavy (non-hydrogen) atoms. The van der Waals surface area contributed by atoms with E-state index in [1.807, 2.05) is 0 Å². The van der Waals surface area contributed by atoms with Gasteiger partial charge in [0.05, 0.1) is 0 Å². The highest BCUT2D eigenvalue weighted by Crippen LogP contribution is 2.50. The normalized spacial score (nSPS) is 35.7. The summed E-state index contributed by atoms with van der Waals surface area (Å²) in [6.07, 6.45) is -3.45. The van der Waals surface area contributed by atoms with Crippen molar-refractivity contribution in [3.63, 3.8) is 0 Å². The SMILES string of the molecule is O=CC1CCC(C2OOC(c3ccccc3)(C(F)(F)F)O2)C1. The minimum absolute atomic E-state index is 0.158. The predicted molar refractivity (Wildman–Crippen MR) is 68.1 cm³/mol. The first-order valence-corrected chi connectivity index (χ1v) is 7.06. The molecule has 0 amide bonds. The first kappa shape index (κ1) is 15.5. The van der Waals surface area contributed by atoms with Crippen LogP contribution in [0, 0.1) is 11.8 Å². The van der Waals surface area contributed by atoms with Crippen LogP contribution in [0.25, 0.3) is 0 Å². The third kappa shape index (κ3) is 2.53. The zero-order valence-electron chi connectivity index (χ0n) is 11.6. The Morgan fingerprint density at radius 2 is 1.91 bits per heavy atom. The first-order chi connectivity index (χ1) is 10.5. The molecule has 0 spiro atoms. The van der Waals surface area contributed by atoms with E-state index >= 15 is 0 Å². The largest absolute Gasteiger partial charge is 0.451 e. The van der Waals surface area contributed by atoms with Gasteiger partial charge in [0.25, 0.3) is 0 Å². The molecular weight excluding hydrogens is 301 g/mol. The summed E-state index contributed by atoms with van der Waals surface area (Å²) in [7, 11) is 0. The zero-order valence-corrected chi connectivity index (χ0v) is 11.6. The van der Waals surface area contributed by atoms with Gasteiger partial charge < -0.3 is 9.53 Å². The molecule has 4 nitrogen and oxygen atoms in total. The molecule has 1 saturated heterocycles. The summed E-state index contributed by atoms with van der Waals surface area (Å²) < 4.78 is 45.7. The van der Waals surface area contributed by atoms with Gasteiger partial charge in [-0.2, -0.15) is 18.1 Å². The van der Waals surface area contributed by atoms with Gasteiger partial charge in [-0.15, -0.1) is 0 Å². The highest BCUT2D eigenvalue weighted by Gasteiger charge is 2.66. The number of carbonyl (C=O) groups excluding carboxylic acids is 1. The summed E-state index contributed by atoms with van der Waals surface area (Å²) in [6.45, 7) is 0. The molecule has 1 saturated carbocycles. The van der Waals surface area contributed by atoms with Crippen LogP contribution in [0.3, 0.4) is 0 Å². The lowest BCUT2D eigenvalue weighted by molar-refractivity contribution is -0.419. The van der Waals surface area contributed by atoms with Crippen molar-refractivity contribution in [2.45, 2.75) is 37.5 Å². The lowest BCUT2D eigenvalue weighted by Crippen LogP contribution is -2.44. The maximum absolute atomic E-state index is 13.5. The molecule has 120 valence electrons. The average Bonchev–Trinajstić information content (AvgIpc) is 3.15. The van der Waals surface area contributed by atoms with Gasteiger partial charge in [0.15, 0.2) is 6.29 Å². The fourth-order valence-electron chi connectivity index (χ4n) is 2.97. The Hall–Kier alpha value is -1.44. The Bertz CT molecular complexity index is 533. The van der Waals surface area contributed by atoms with Gasteiger partial charge in [-0.25, -0.2) is 4.89 Å². The van der Waals surface area contributed by atoms with Crippen molar-refractivity contribution >= 4 is 6.29 Å². The van der Waals surface area contributed by atoms with Gasteiger partial charge in [0.2, 0.25) is 0 Å². The number of aldehydes is 1. The zero-order chi connectivity index (χ0) is 15.8. The minimum Gasteiger partial charge on any atom is -0.304 e. The molecule has 0 N–H and O–H groups in total. The second-order valence-electron chi connectivity index (χ2n) is 5.62. The van der Waals surface area contributed by atoms with Crippen LogP contribution in [0.5, 0.6) is 0 Å². The number of alkyl halides is 3. The van der Waals surface area contributed by atoms with E-state index in [-0.39, 0.29) is 17.4 Å². The molecule has 2 aliphatic rings. The molecule has 0 radical (unpaired) electrons. The highest BCUT2D eigenvalue weighted by atomic mass is 19.4. The van der Waals surface area contributed by atoms with Crippen LogP contribution in [0.15, 0.2) is 30.3 Å². The van der Waals surface area contributed by atoms with Crippen molar-refractivity contribution in [1.82, 2.24) is 0 Å². The summed E-state index contributed by atoms with van der Waals surface area (Å²) in [5, 5.41) is 0. The Labute approximate surface area is 125 Å². The summed E-state index contributed by atoms with van der Waals surface area (Å²) in [4.78, 5) is 20.3. The molecule has 1 aromatic rings. The van der Waals surface area contributed by atoms with Crippen LogP contribution in [0.1, 0.15) is 24.8 Å². The Morgan fingerprint density at radius 1 is 1.18 bits per heavy atom. The maximum atomic E-state index is 13.5. The molecule has 7 heteroatoms. The van der Waals surface area contributed by atoms with Crippen LogP contribution in [-0.4, -0.2) is 18.8 Å². The van der Waals surface area contributed by atoms with Gasteiger partial charge in [-0.3, -0.25) is 0 Å². The van der Waals surface area contributed by atoms with Crippen LogP contribution in [0.4, 0.5) is 13.2 Å². The monoisotopic (exact) mass is 316 g/mol. The van der Waals surface area contributed by atoms with Gasteiger partial charge >= 0.3 is 12.0 Å². The lowest BCUT2D eigenvalue weighted by atomic mass is 10.0. The second-order valence-corrected chi connectivity index (χ2v) is 5.62. The van der Waals surface area contributed by atoms with E-state index in [0.717, 1.165) is 6.29 Å². The Morgan fingerprint density at radius 3 is 2.50 bits per heavy atom. The molecule has 1 heterocycles. The summed E-state index contributed by atoms with van der Waals surface area (Å²) in [5.74, 6) is -3.36. The highest BCUT2D eigenvalue weighted by molar-refractivity contribution is 5.53. The molecule has 3 rings (SSSR count). The van der Waals surface area contributed by atoms with Gasteiger partial charge in [-0.05, 0) is 19.3 Å². The molecule has 1 aliphatic heterocycles. The van der Waals surface area contributed by atoms with Gasteiger partial charge in [0, 0.05) is 17.4 Å². The van der Waals surface area contributed by atoms with E-state index in [2.05, 4.69) is 4.89 Å². The topological polar surface area (TPSA) is 44.8 Å². The van der Waals surface area contributed by atoms with Crippen molar-refractivity contribution < 1.29 is 32.5 Å². The molecular formula is C15H15F3O4. The molecule has 2 fully saturated rings. The van der Waals surface area contributed by atoms with Crippen molar-refractivity contribution in [3.05, 3.63) is 35.9 Å². The van der Waals surface area contributed by atoms with Crippen molar-refractivity contribution in [2.24, 2.45) is 11.8 Å². The molecule has 0 aromatic heterocycles. The number of halogens is 3. The molecule has 4 unspecified atom stereocenters. The second kappa shape index (κ2) is 5.64. The third-order valence-electron chi connectivity index (χ3n) is 4.16. The number of hydrogen-bond acceptors (Lipinski definition) is 4. The van der Waals surface area contributed by atoms with Crippen LogP contribution >= 0.6 is 0 Å². The van der Waals surface area contributed by atoms with Crippen molar-refractivity contribution in [2.75, 3.05) is 0 Å². The first-order valence-electron chi connectivity index (χ1n) is 7.06. The quantitative estimate of drug-likeness (QED) is 0.634. The summed E-state index contributed by atoms with van der Waals surface area (Å²) in [6, 6.07) is 7.11. The number of hydrogen-bond donors (Lipinski definition) is 0. The molecule has 4 atom stereocenters.